The lowest BCUT2D eigenvalue weighted by atomic mass is 9.83. The van der Waals surface area contributed by atoms with E-state index in [2.05, 4.69) is 22.8 Å². The zero-order valence-corrected chi connectivity index (χ0v) is 18.0. The van der Waals surface area contributed by atoms with Gasteiger partial charge in [0.25, 0.3) is 0 Å². The molecular formula is C22H27N3O4S. The van der Waals surface area contributed by atoms with Gasteiger partial charge in [-0.1, -0.05) is 24.3 Å². The van der Waals surface area contributed by atoms with E-state index in [0.717, 1.165) is 23.6 Å². The Morgan fingerprint density at radius 3 is 2.50 bits per heavy atom. The number of nitrogens with one attached hydrogen (secondary N) is 2. The molecule has 0 radical (unpaired) electrons. The van der Waals surface area contributed by atoms with Gasteiger partial charge in [0, 0.05) is 32.1 Å². The number of fused-ring (bicyclic) bond motifs is 1. The number of hydrogen-bond donors (Lipinski definition) is 2. The molecular weight excluding hydrogens is 402 g/mol. The summed E-state index contributed by atoms with van der Waals surface area (Å²) in [6.07, 6.45) is 3.15. The van der Waals surface area contributed by atoms with Crippen molar-refractivity contribution in [3.8, 4) is 0 Å². The Morgan fingerprint density at radius 2 is 1.80 bits per heavy atom. The van der Waals surface area contributed by atoms with Crippen molar-refractivity contribution >= 4 is 27.5 Å². The molecule has 1 aliphatic rings. The van der Waals surface area contributed by atoms with Gasteiger partial charge in [-0.3, -0.25) is 9.59 Å². The van der Waals surface area contributed by atoms with Gasteiger partial charge < -0.3 is 10.6 Å². The number of carbonyl (C=O) groups excluding carboxylic acids is 2. The van der Waals surface area contributed by atoms with Crippen LogP contribution in [-0.4, -0.2) is 44.7 Å². The summed E-state index contributed by atoms with van der Waals surface area (Å²) >= 11 is 0. The van der Waals surface area contributed by atoms with E-state index in [4.69, 9.17) is 0 Å². The molecule has 1 aliphatic carbocycles. The lowest BCUT2D eigenvalue weighted by Gasteiger charge is -2.26. The second kappa shape index (κ2) is 9.40. The van der Waals surface area contributed by atoms with Crippen LogP contribution in [0.15, 0.2) is 53.4 Å². The van der Waals surface area contributed by atoms with Gasteiger partial charge in [-0.25, -0.2) is 8.42 Å². The molecule has 3 rings (SSSR count). The third kappa shape index (κ3) is 5.25. The predicted octanol–water partition coefficient (Wildman–Crippen LogP) is 2.50. The Labute approximate surface area is 177 Å². The molecule has 0 aromatic heterocycles. The van der Waals surface area contributed by atoms with Crippen LogP contribution in [0.25, 0.3) is 0 Å². The molecule has 8 heteroatoms. The fourth-order valence-corrected chi connectivity index (χ4v) is 4.87. The van der Waals surface area contributed by atoms with E-state index >= 15 is 0 Å². The molecule has 0 aliphatic heterocycles. The quantitative estimate of drug-likeness (QED) is 0.707. The fourth-order valence-electron chi connectivity index (χ4n) is 3.74. The van der Waals surface area contributed by atoms with Crippen molar-refractivity contribution in [2.75, 3.05) is 25.5 Å². The first-order valence-electron chi connectivity index (χ1n) is 9.96. The first-order chi connectivity index (χ1) is 14.3. The van der Waals surface area contributed by atoms with E-state index in [1.54, 1.807) is 0 Å². The van der Waals surface area contributed by atoms with E-state index in [9.17, 15) is 18.0 Å². The van der Waals surface area contributed by atoms with Gasteiger partial charge in [-0.05, 0) is 54.7 Å². The summed E-state index contributed by atoms with van der Waals surface area (Å²) in [6.45, 7) is 1.61. The third-order valence-corrected chi connectivity index (χ3v) is 7.11. The molecule has 0 fully saturated rings. The van der Waals surface area contributed by atoms with Crippen LogP contribution in [0.3, 0.4) is 0 Å². The Kier molecular flexibility index (Phi) is 6.89. The van der Waals surface area contributed by atoms with Gasteiger partial charge in [0.15, 0.2) is 0 Å². The highest BCUT2D eigenvalue weighted by atomic mass is 32.2. The van der Waals surface area contributed by atoms with Crippen molar-refractivity contribution in [1.29, 1.82) is 0 Å². The fraction of sp³-hybridized carbons (Fsp3) is 0.364. The zero-order valence-electron chi connectivity index (χ0n) is 17.2. The van der Waals surface area contributed by atoms with Crippen LogP contribution in [0.2, 0.25) is 0 Å². The highest BCUT2D eigenvalue weighted by molar-refractivity contribution is 7.89. The number of rotatable bonds is 7. The molecule has 1 atom stereocenters. The third-order valence-electron chi connectivity index (χ3n) is 5.29. The van der Waals surface area contributed by atoms with Gasteiger partial charge in [-0.15, -0.1) is 0 Å². The highest BCUT2D eigenvalue weighted by Gasteiger charge is 2.24. The number of sulfonamides is 1. The molecule has 2 aromatic carbocycles. The van der Waals surface area contributed by atoms with Crippen molar-refractivity contribution in [1.82, 2.24) is 9.62 Å². The molecule has 0 bridgehead atoms. The second-order valence-electron chi connectivity index (χ2n) is 7.56. The topological polar surface area (TPSA) is 95.6 Å². The molecule has 160 valence electrons. The summed E-state index contributed by atoms with van der Waals surface area (Å²) in [5.74, 6) is -0.318. The molecule has 0 heterocycles. The minimum atomic E-state index is -3.81. The van der Waals surface area contributed by atoms with Crippen LogP contribution >= 0.6 is 0 Å². The van der Waals surface area contributed by atoms with Gasteiger partial charge in [0.2, 0.25) is 21.8 Å². The number of nitrogens with zero attached hydrogens (tertiary/aromatic N) is 1. The second-order valence-corrected chi connectivity index (χ2v) is 9.60. The summed E-state index contributed by atoms with van der Waals surface area (Å²) in [4.78, 5) is 23.5. The van der Waals surface area contributed by atoms with E-state index in [1.165, 1.54) is 49.4 Å². The lowest BCUT2D eigenvalue weighted by Crippen LogP contribution is -2.40. The molecule has 1 unspecified atom stereocenters. The van der Waals surface area contributed by atoms with Crippen LogP contribution in [0.5, 0.6) is 0 Å². The van der Waals surface area contributed by atoms with Crippen molar-refractivity contribution in [2.24, 2.45) is 0 Å². The monoisotopic (exact) mass is 429 g/mol. The predicted molar refractivity (Wildman–Crippen MR) is 116 cm³/mol. The normalized spacial score (nSPS) is 16.0. The summed E-state index contributed by atoms with van der Waals surface area (Å²) in [6, 6.07) is 14.1. The van der Waals surface area contributed by atoms with Gasteiger partial charge in [-0.2, -0.15) is 4.31 Å². The number of aryl methyl sites for hydroxylation is 1. The summed E-state index contributed by atoms with van der Waals surface area (Å²) < 4.78 is 26.5. The van der Waals surface area contributed by atoms with Crippen molar-refractivity contribution < 1.29 is 18.0 Å². The van der Waals surface area contributed by atoms with E-state index in [1.807, 2.05) is 12.1 Å². The van der Waals surface area contributed by atoms with Crippen LogP contribution < -0.4 is 10.6 Å². The summed E-state index contributed by atoms with van der Waals surface area (Å²) in [5.41, 5.74) is 3.10. The number of carbonyl (C=O) groups is 2. The van der Waals surface area contributed by atoms with Crippen LogP contribution in [0.1, 0.15) is 36.8 Å². The van der Waals surface area contributed by atoms with Crippen molar-refractivity contribution in [3.05, 3.63) is 59.7 Å². The maximum Gasteiger partial charge on any atom is 0.243 e. The van der Waals surface area contributed by atoms with Crippen molar-refractivity contribution in [3.63, 3.8) is 0 Å². The number of anilines is 1. The standard InChI is InChI=1S/C22H27N3O4S/c1-16(26)24-19-10-12-20(13-11-19)30(28,29)25(2)15-22(27)23-14-18-8-5-7-17-6-3-4-9-21(17)18/h3-4,6,9-13,18H,5,7-8,14-15H2,1-2H3,(H,23,27)(H,24,26). The first kappa shape index (κ1) is 22.0. The Balaban J connectivity index is 1.58. The molecule has 0 spiro atoms. The molecule has 2 aromatic rings. The number of hydrogen-bond acceptors (Lipinski definition) is 4. The van der Waals surface area contributed by atoms with Crippen LogP contribution in [0, 0.1) is 0 Å². The van der Waals surface area contributed by atoms with E-state index in [-0.39, 0.29) is 29.2 Å². The Hall–Kier alpha value is -2.71. The molecule has 7 nitrogen and oxygen atoms in total. The largest absolute Gasteiger partial charge is 0.354 e. The molecule has 30 heavy (non-hydrogen) atoms. The molecule has 0 saturated carbocycles. The van der Waals surface area contributed by atoms with Gasteiger partial charge >= 0.3 is 0 Å². The summed E-state index contributed by atoms with van der Waals surface area (Å²) in [5, 5.41) is 5.47. The van der Waals surface area contributed by atoms with Crippen LogP contribution in [0.4, 0.5) is 5.69 Å². The molecule has 2 N–H and O–H groups in total. The average molecular weight is 430 g/mol. The SMILES string of the molecule is CC(=O)Nc1ccc(S(=O)(=O)N(C)CC(=O)NCC2CCCc3ccccc32)cc1. The highest BCUT2D eigenvalue weighted by Crippen LogP contribution is 2.30. The van der Waals surface area contributed by atoms with Gasteiger partial charge in [0.05, 0.1) is 11.4 Å². The van der Waals surface area contributed by atoms with E-state index < -0.39 is 10.0 Å². The summed E-state index contributed by atoms with van der Waals surface area (Å²) in [7, 11) is -2.43. The Bertz CT molecular complexity index is 1020. The maximum absolute atomic E-state index is 12.7. The lowest BCUT2D eigenvalue weighted by molar-refractivity contribution is -0.121. The van der Waals surface area contributed by atoms with Crippen molar-refractivity contribution in [2.45, 2.75) is 37.0 Å². The Morgan fingerprint density at radius 1 is 1.10 bits per heavy atom. The molecule has 2 amide bonds. The van der Waals surface area contributed by atoms with E-state index in [0.29, 0.717) is 12.2 Å². The maximum atomic E-state index is 12.7. The van der Waals surface area contributed by atoms with Gasteiger partial charge in [0.1, 0.15) is 0 Å². The first-order valence-corrected chi connectivity index (χ1v) is 11.4. The minimum absolute atomic E-state index is 0.0631. The number of amides is 2. The number of likely N-dealkylation sites (N-methyl/N-ethyl adjacent to an activating group) is 1. The number of benzene rings is 2. The van der Waals surface area contributed by atoms with Crippen LogP contribution in [-0.2, 0) is 26.0 Å². The smallest absolute Gasteiger partial charge is 0.243 e. The average Bonchev–Trinajstić information content (AvgIpc) is 2.72. The molecule has 0 saturated heterocycles. The minimum Gasteiger partial charge on any atom is -0.354 e. The zero-order chi connectivity index (χ0) is 21.7.